The van der Waals surface area contributed by atoms with Crippen molar-refractivity contribution < 1.29 is 14.6 Å². The number of aromatic nitrogens is 1. The van der Waals surface area contributed by atoms with Crippen molar-refractivity contribution in [2.24, 2.45) is 0 Å². The molecule has 0 radical (unpaired) electrons. The molecule has 1 aromatic heterocycles. The molecule has 0 spiro atoms. The van der Waals surface area contributed by atoms with Crippen LogP contribution in [0.2, 0.25) is 0 Å². The second-order valence-corrected chi connectivity index (χ2v) is 6.98. The Balaban J connectivity index is 1.71. The highest BCUT2D eigenvalue weighted by Crippen LogP contribution is 2.21. The first kappa shape index (κ1) is 20.0. The zero-order chi connectivity index (χ0) is 19.9. The molecular weight excluding hydrogens is 352 g/mol. The Kier molecular flexibility index (Phi) is 6.71. The van der Waals surface area contributed by atoms with E-state index in [-0.39, 0.29) is 5.91 Å². The average molecular weight is 380 g/mol. The fraction of sp³-hybridized carbons (Fsp3) is 0.348. The number of aliphatic hydroxyl groups is 1. The van der Waals surface area contributed by atoms with Crippen molar-refractivity contribution in [2.45, 2.75) is 39.5 Å². The van der Waals surface area contributed by atoms with Gasteiger partial charge in [0.05, 0.1) is 12.7 Å². The maximum atomic E-state index is 12.9. The van der Waals surface area contributed by atoms with Crippen molar-refractivity contribution in [3.8, 4) is 5.75 Å². The predicted molar refractivity (Wildman–Crippen MR) is 111 cm³/mol. The predicted octanol–water partition coefficient (Wildman–Crippen LogP) is 3.84. The summed E-state index contributed by atoms with van der Waals surface area (Å²) in [6, 6.07) is 17.9. The van der Waals surface area contributed by atoms with Crippen LogP contribution in [0.3, 0.4) is 0 Å². The van der Waals surface area contributed by atoms with Crippen molar-refractivity contribution in [3.05, 3.63) is 66.4 Å². The van der Waals surface area contributed by atoms with Crippen LogP contribution in [-0.2, 0) is 17.9 Å². The molecule has 1 unspecified atom stereocenters. The summed E-state index contributed by atoms with van der Waals surface area (Å²) in [5.74, 6) is 0.801. The van der Waals surface area contributed by atoms with Crippen LogP contribution in [0.15, 0.2) is 60.8 Å². The minimum Gasteiger partial charge on any atom is -0.494 e. The molecule has 0 saturated heterocycles. The molecule has 0 aliphatic carbocycles. The van der Waals surface area contributed by atoms with Crippen molar-refractivity contribution >= 4 is 16.8 Å². The number of carbonyl (C=O) groups is 1. The molecule has 0 aliphatic rings. The third-order valence-electron chi connectivity index (χ3n) is 4.72. The van der Waals surface area contributed by atoms with Crippen LogP contribution in [0.1, 0.15) is 25.8 Å². The number of rotatable bonds is 9. The summed E-state index contributed by atoms with van der Waals surface area (Å²) in [7, 11) is 0. The van der Waals surface area contributed by atoms with E-state index in [0.29, 0.717) is 32.7 Å². The molecule has 0 saturated carbocycles. The molecule has 148 valence electrons. The fourth-order valence-electron chi connectivity index (χ4n) is 3.42. The SMILES string of the molecule is CCOc1ccccc1CN(CC(C)O)C(=O)CCn1ccc2ccccc21. The minimum atomic E-state index is -0.587. The number of aliphatic hydroxyl groups excluding tert-OH is 1. The maximum Gasteiger partial charge on any atom is 0.224 e. The van der Waals surface area contributed by atoms with Crippen LogP contribution < -0.4 is 4.74 Å². The van der Waals surface area contributed by atoms with Gasteiger partial charge in [-0.2, -0.15) is 0 Å². The van der Waals surface area contributed by atoms with Crippen molar-refractivity contribution in [3.63, 3.8) is 0 Å². The summed E-state index contributed by atoms with van der Waals surface area (Å²) in [4.78, 5) is 14.7. The van der Waals surface area contributed by atoms with Crippen molar-refractivity contribution in [1.82, 2.24) is 9.47 Å². The van der Waals surface area contributed by atoms with E-state index in [4.69, 9.17) is 4.74 Å². The highest BCUT2D eigenvalue weighted by atomic mass is 16.5. The molecule has 1 amide bonds. The summed E-state index contributed by atoms with van der Waals surface area (Å²) in [6.07, 6.45) is 1.81. The molecule has 5 heteroatoms. The highest BCUT2D eigenvalue weighted by molar-refractivity contribution is 5.80. The van der Waals surface area contributed by atoms with Gasteiger partial charge in [0.25, 0.3) is 0 Å². The first-order valence-electron chi connectivity index (χ1n) is 9.79. The number of hydrogen-bond donors (Lipinski definition) is 1. The Hall–Kier alpha value is -2.79. The van der Waals surface area contributed by atoms with Gasteiger partial charge in [-0.05, 0) is 37.4 Å². The zero-order valence-electron chi connectivity index (χ0n) is 16.5. The van der Waals surface area contributed by atoms with Gasteiger partial charge in [-0.1, -0.05) is 36.4 Å². The monoisotopic (exact) mass is 380 g/mol. The maximum absolute atomic E-state index is 12.9. The van der Waals surface area contributed by atoms with Gasteiger partial charge in [0.1, 0.15) is 5.75 Å². The lowest BCUT2D eigenvalue weighted by atomic mass is 10.1. The van der Waals surface area contributed by atoms with E-state index >= 15 is 0 Å². The van der Waals surface area contributed by atoms with Crippen LogP contribution in [0.5, 0.6) is 5.75 Å². The summed E-state index contributed by atoms with van der Waals surface area (Å²) < 4.78 is 7.78. The third kappa shape index (κ3) is 4.93. The second kappa shape index (κ2) is 9.42. The van der Waals surface area contributed by atoms with E-state index in [9.17, 15) is 9.90 Å². The molecule has 0 bridgehead atoms. The number of hydrogen-bond acceptors (Lipinski definition) is 3. The number of carbonyl (C=O) groups excluding carboxylic acids is 1. The van der Waals surface area contributed by atoms with Crippen LogP contribution in [0.4, 0.5) is 0 Å². The van der Waals surface area contributed by atoms with Crippen LogP contribution in [-0.4, -0.2) is 39.7 Å². The van der Waals surface area contributed by atoms with Gasteiger partial charge in [-0.25, -0.2) is 0 Å². The number of aryl methyl sites for hydroxylation is 1. The average Bonchev–Trinajstić information content (AvgIpc) is 3.10. The first-order valence-corrected chi connectivity index (χ1v) is 9.79. The highest BCUT2D eigenvalue weighted by Gasteiger charge is 2.18. The summed E-state index contributed by atoms with van der Waals surface area (Å²) >= 11 is 0. The number of amides is 1. The molecule has 5 nitrogen and oxygen atoms in total. The number of nitrogens with zero attached hydrogens (tertiary/aromatic N) is 2. The van der Waals surface area contributed by atoms with E-state index in [2.05, 4.69) is 22.8 Å². The van der Waals surface area contributed by atoms with Crippen molar-refractivity contribution in [1.29, 1.82) is 0 Å². The van der Waals surface area contributed by atoms with Gasteiger partial charge in [-0.15, -0.1) is 0 Å². The Bertz CT molecular complexity index is 917. The Labute approximate surface area is 166 Å². The van der Waals surface area contributed by atoms with Gasteiger partial charge < -0.3 is 19.3 Å². The van der Waals surface area contributed by atoms with E-state index in [1.165, 1.54) is 5.39 Å². The standard InChI is InChI=1S/C23H28N2O3/c1-3-28-22-11-7-5-9-20(22)17-25(16-18(2)26)23(27)13-15-24-14-12-19-8-4-6-10-21(19)24/h4-12,14,18,26H,3,13,15-17H2,1-2H3. The molecule has 0 aliphatic heterocycles. The van der Waals surface area contributed by atoms with Gasteiger partial charge in [0, 0.05) is 43.3 Å². The molecular formula is C23H28N2O3. The van der Waals surface area contributed by atoms with Gasteiger partial charge in [0.15, 0.2) is 0 Å². The molecule has 2 aromatic carbocycles. The Morgan fingerprint density at radius 2 is 1.89 bits per heavy atom. The van der Waals surface area contributed by atoms with Gasteiger partial charge in [-0.3, -0.25) is 4.79 Å². The van der Waals surface area contributed by atoms with E-state index in [1.807, 2.05) is 49.5 Å². The van der Waals surface area contributed by atoms with Gasteiger partial charge in [0.2, 0.25) is 5.91 Å². The molecule has 28 heavy (non-hydrogen) atoms. The minimum absolute atomic E-state index is 0.0185. The zero-order valence-corrected chi connectivity index (χ0v) is 16.5. The largest absolute Gasteiger partial charge is 0.494 e. The van der Waals surface area contributed by atoms with Crippen LogP contribution >= 0.6 is 0 Å². The number of ether oxygens (including phenoxy) is 1. The van der Waals surface area contributed by atoms with Gasteiger partial charge >= 0.3 is 0 Å². The Morgan fingerprint density at radius 3 is 2.68 bits per heavy atom. The third-order valence-corrected chi connectivity index (χ3v) is 4.72. The lowest BCUT2D eigenvalue weighted by Crippen LogP contribution is -2.36. The molecule has 1 heterocycles. The molecule has 1 N–H and O–H groups in total. The number of benzene rings is 2. The number of para-hydroxylation sites is 2. The lowest BCUT2D eigenvalue weighted by molar-refractivity contribution is -0.133. The lowest BCUT2D eigenvalue weighted by Gasteiger charge is -2.25. The molecule has 3 aromatic rings. The van der Waals surface area contributed by atoms with E-state index < -0.39 is 6.10 Å². The smallest absolute Gasteiger partial charge is 0.224 e. The van der Waals surface area contributed by atoms with Crippen LogP contribution in [0.25, 0.3) is 10.9 Å². The topological polar surface area (TPSA) is 54.7 Å². The normalized spacial score (nSPS) is 12.1. The summed E-state index contributed by atoms with van der Waals surface area (Å²) in [6.45, 7) is 5.54. The Morgan fingerprint density at radius 1 is 1.14 bits per heavy atom. The van der Waals surface area contributed by atoms with Crippen LogP contribution in [0, 0.1) is 0 Å². The second-order valence-electron chi connectivity index (χ2n) is 6.98. The summed E-state index contributed by atoms with van der Waals surface area (Å²) in [5.41, 5.74) is 2.07. The molecule has 1 atom stereocenters. The number of fused-ring (bicyclic) bond motifs is 1. The quantitative estimate of drug-likeness (QED) is 0.614. The first-order chi connectivity index (χ1) is 13.6. The van der Waals surface area contributed by atoms with Crippen molar-refractivity contribution in [2.75, 3.05) is 13.2 Å². The molecule has 3 rings (SSSR count). The van der Waals surface area contributed by atoms with E-state index in [1.54, 1.807) is 11.8 Å². The van der Waals surface area contributed by atoms with E-state index in [0.717, 1.165) is 16.8 Å². The fourth-order valence-corrected chi connectivity index (χ4v) is 3.42. The summed E-state index contributed by atoms with van der Waals surface area (Å²) in [5, 5.41) is 11.1. The molecule has 0 fully saturated rings.